The number of ether oxygens (including phenoxy) is 1. The van der Waals surface area contributed by atoms with Crippen molar-refractivity contribution in [3.8, 4) is 0 Å². The number of halogens is 2. The van der Waals surface area contributed by atoms with Crippen molar-refractivity contribution in [1.82, 2.24) is 4.31 Å². The number of rotatable bonds is 2. The zero-order valence-electron chi connectivity index (χ0n) is 10.7. The van der Waals surface area contributed by atoms with Gasteiger partial charge in [0.15, 0.2) is 0 Å². The Hall–Kier alpha value is -0.140. The highest BCUT2D eigenvalue weighted by atomic mass is 79.9. The Morgan fingerprint density at radius 1 is 1.42 bits per heavy atom. The summed E-state index contributed by atoms with van der Waals surface area (Å²) in [7, 11) is -3.62. The zero-order valence-corrected chi connectivity index (χ0v) is 13.8. The third kappa shape index (κ3) is 2.97. The van der Waals surface area contributed by atoms with Gasteiger partial charge < -0.3 is 4.74 Å². The maximum absolute atomic E-state index is 12.7. The van der Waals surface area contributed by atoms with Crippen LogP contribution in [-0.2, 0) is 14.8 Å². The van der Waals surface area contributed by atoms with Crippen LogP contribution < -0.4 is 0 Å². The Morgan fingerprint density at radius 2 is 2.11 bits per heavy atom. The molecule has 0 spiro atoms. The van der Waals surface area contributed by atoms with Crippen LogP contribution in [0.25, 0.3) is 0 Å². The van der Waals surface area contributed by atoms with Crippen LogP contribution in [0.15, 0.2) is 27.6 Å². The monoisotopic (exact) mass is 367 g/mol. The molecule has 0 radical (unpaired) electrons. The summed E-state index contributed by atoms with van der Waals surface area (Å²) in [5.41, 5.74) is -0.576. The fourth-order valence-corrected chi connectivity index (χ4v) is 4.86. The van der Waals surface area contributed by atoms with Crippen molar-refractivity contribution in [2.24, 2.45) is 0 Å². The second-order valence-electron chi connectivity index (χ2n) is 5.02. The minimum absolute atomic E-state index is 0.132. The highest BCUT2D eigenvalue weighted by molar-refractivity contribution is 9.10. The van der Waals surface area contributed by atoms with Gasteiger partial charge in [-0.15, -0.1) is 0 Å². The minimum atomic E-state index is -3.62. The molecule has 19 heavy (non-hydrogen) atoms. The van der Waals surface area contributed by atoms with Crippen LogP contribution in [0, 0.1) is 0 Å². The predicted molar refractivity (Wildman–Crippen MR) is 77.9 cm³/mol. The van der Waals surface area contributed by atoms with Crippen LogP contribution in [0.2, 0.25) is 5.02 Å². The standard InChI is InChI=1S/C12H15BrClNO3S/c1-12(2)8-18-6-5-15(12)19(16,17)11-4-3-9(13)7-10(11)14/h3-4,7H,5-6,8H2,1-2H3. The van der Waals surface area contributed by atoms with Crippen LogP contribution in [0.4, 0.5) is 0 Å². The molecule has 0 atom stereocenters. The third-order valence-electron chi connectivity index (χ3n) is 3.03. The number of sulfonamides is 1. The summed E-state index contributed by atoms with van der Waals surface area (Å²) in [6.45, 7) is 4.80. The van der Waals surface area contributed by atoms with E-state index in [4.69, 9.17) is 16.3 Å². The molecule has 4 nitrogen and oxygen atoms in total. The van der Waals surface area contributed by atoms with Gasteiger partial charge in [0.25, 0.3) is 0 Å². The van der Waals surface area contributed by atoms with E-state index in [-0.39, 0.29) is 9.92 Å². The molecule has 1 saturated heterocycles. The molecule has 0 amide bonds. The van der Waals surface area contributed by atoms with Gasteiger partial charge >= 0.3 is 0 Å². The predicted octanol–water partition coefficient (Wildman–Crippen LogP) is 2.90. The highest BCUT2D eigenvalue weighted by Crippen LogP contribution is 2.32. The topological polar surface area (TPSA) is 46.6 Å². The van der Waals surface area contributed by atoms with E-state index in [0.29, 0.717) is 19.8 Å². The molecule has 7 heteroatoms. The van der Waals surface area contributed by atoms with Gasteiger partial charge in [0, 0.05) is 11.0 Å². The number of hydrogen-bond donors (Lipinski definition) is 0. The normalized spacial score (nSPS) is 20.4. The zero-order chi connectivity index (χ0) is 14.3. The van der Waals surface area contributed by atoms with Crippen molar-refractivity contribution in [2.75, 3.05) is 19.8 Å². The summed E-state index contributed by atoms with van der Waals surface area (Å²) in [5.74, 6) is 0. The molecule has 1 aromatic rings. The average molecular weight is 369 g/mol. The summed E-state index contributed by atoms with van der Waals surface area (Å²) in [4.78, 5) is 0.132. The van der Waals surface area contributed by atoms with Crippen LogP contribution in [0.1, 0.15) is 13.8 Å². The van der Waals surface area contributed by atoms with Crippen LogP contribution in [-0.4, -0.2) is 38.0 Å². The molecule has 0 N–H and O–H groups in total. The average Bonchev–Trinajstić information content (AvgIpc) is 2.27. The van der Waals surface area contributed by atoms with Crippen molar-refractivity contribution in [2.45, 2.75) is 24.3 Å². The molecule has 2 rings (SSSR count). The minimum Gasteiger partial charge on any atom is -0.378 e. The molecule has 1 aliphatic rings. The van der Waals surface area contributed by atoms with Gasteiger partial charge in [0.2, 0.25) is 10.0 Å². The maximum atomic E-state index is 12.7. The lowest BCUT2D eigenvalue weighted by Gasteiger charge is -2.40. The molecule has 0 aliphatic carbocycles. The smallest absolute Gasteiger partial charge is 0.245 e. The molecule has 1 fully saturated rings. The summed E-state index contributed by atoms with van der Waals surface area (Å²) >= 11 is 9.33. The van der Waals surface area contributed by atoms with Gasteiger partial charge in [0.1, 0.15) is 4.90 Å². The van der Waals surface area contributed by atoms with Gasteiger partial charge in [-0.25, -0.2) is 8.42 Å². The Bertz CT molecular complexity index is 589. The number of benzene rings is 1. The first kappa shape index (κ1) is 15.3. The maximum Gasteiger partial charge on any atom is 0.245 e. The second-order valence-corrected chi connectivity index (χ2v) is 8.17. The first-order valence-corrected chi connectivity index (χ1v) is 8.42. The SMILES string of the molecule is CC1(C)COCCN1S(=O)(=O)c1ccc(Br)cc1Cl. The van der Waals surface area contributed by atoms with Crippen molar-refractivity contribution >= 4 is 37.6 Å². The summed E-state index contributed by atoms with van der Waals surface area (Å²) in [6.07, 6.45) is 0. The molecular formula is C12H15BrClNO3S. The Kier molecular flexibility index (Phi) is 4.28. The first-order valence-electron chi connectivity index (χ1n) is 5.81. The van der Waals surface area contributed by atoms with E-state index in [1.807, 2.05) is 13.8 Å². The summed E-state index contributed by atoms with van der Waals surface area (Å²) < 4.78 is 33.0. The van der Waals surface area contributed by atoms with E-state index < -0.39 is 15.6 Å². The van der Waals surface area contributed by atoms with Crippen molar-refractivity contribution in [1.29, 1.82) is 0 Å². The van der Waals surface area contributed by atoms with E-state index in [1.165, 1.54) is 10.4 Å². The van der Waals surface area contributed by atoms with E-state index >= 15 is 0 Å². The fourth-order valence-electron chi connectivity index (χ4n) is 2.09. The largest absolute Gasteiger partial charge is 0.378 e. The lowest BCUT2D eigenvalue weighted by molar-refractivity contribution is -0.00770. The van der Waals surface area contributed by atoms with Crippen molar-refractivity contribution in [3.05, 3.63) is 27.7 Å². The number of morpholine rings is 1. The van der Waals surface area contributed by atoms with E-state index in [1.54, 1.807) is 12.1 Å². The van der Waals surface area contributed by atoms with Gasteiger partial charge in [-0.3, -0.25) is 0 Å². The third-order valence-corrected chi connectivity index (χ3v) is 6.12. The van der Waals surface area contributed by atoms with Crippen LogP contribution in [0.3, 0.4) is 0 Å². The molecule has 1 heterocycles. The van der Waals surface area contributed by atoms with Crippen LogP contribution >= 0.6 is 27.5 Å². The molecule has 0 bridgehead atoms. The molecule has 1 aliphatic heterocycles. The van der Waals surface area contributed by atoms with Gasteiger partial charge in [-0.05, 0) is 32.0 Å². The molecule has 0 saturated carbocycles. The van der Waals surface area contributed by atoms with Gasteiger partial charge in [-0.1, -0.05) is 27.5 Å². The second kappa shape index (κ2) is 5.33. The Labute approximate surface area is 126 Å². The molecule has 0 aromatic heterocycles. The fraction of sp³-hybridized carbons (Fsp3) is 0.500. The van der Waals surface area contributed by atoms with E-state index in [9.17, 15) is 8.42 Å². The number of hydrogen-bond acceptors (Lipinski definition) is 3. The summed E-state index contributed by atoms with van der Waals surface area (Å²) in [5, 5.41) is 0.219. The van der Waals surface area contributed by atoms with Crippen LogP contribution in [0.5, 0.6) is 0 Å². The van der Waals surface area contributed by atoms with E-state index in [2.05, 4.69) is 15.9 Å². The van der Waals surface area contributed by atoms with Crippen molar-refractivity contribution in [3.63, 3.8) is 0 Å². The summed E-state index contributed by atoms with van der Waals surface area (Å²) in [6, 6.07) is 4.78. The number of nitrogens with zero attached hydrogens (tertiary/aromatic N) is 1. The Morgan fingerprint density at radius 3 is 2.68 bits per heavy atom. The quantitative estimate of drug-likeness (QED) is 0.806. The highest BCUT2D eigenvalue weighted by Gasteiger charge is 2.40. The van der Waals surface area contributed by atoms with Gasteiger partial charge in [-0.2, -0.15) is 4.31 Å². The lowest BCUT2D eigenvalue weighted by Crippen LogP contribution is -2.55. The molecular weight excluding hydrogens is 354 g/mol. The van der Waals surface area contributed by atoms with E-state index in [0.717, 1.165) is 4.47 Å². The van der Waals surface area contributed by atoms with Gasteiger partial charge in [0.05, 0.1) is 23.8 Å². The van der Waals surface area contributed by atoms with Crippen molar-refractivity contribution < 1.29 is 13.2 Å². The molecule has 1 aromatic carbocycles. The lowest BCUT2D eigenvalue weighted by atomic mass is 10.1. The first-order chi connectivity index (χ1) is 8.75. The Balaban J connectivity index is 2.47. The molecule has 106 valence electrons. The molecule has 0 unspecified atom stereocenters.